The van der Waals surface area contributed by atoms with Gasteiger partial charge in [0.05, 0.1) is 6.42 Å². The molecule has 1 aliphatic rings. The number of amides is 3. The molecule has 0 unspecified atom stereocenters. The van der Waals surface area contributed by atoms with Crippen molar-refractivity contribution in [2.75, 3.05) is 32.7 Å². The highest BCUT2D eigenvalue weighted by Gasteiger charge is 2.24. The van der Waals surface area contributed by atoms with Crippen LogP contribution >= 0.6 is 0 Å². The Morgan fingerprint density at radius 3 is 2.08 bits per heavy atom. The lowest BCUT2D eigenvalue weighted by molar-refractivity contribution is -0.131. The smallest absolute Gasteiger partial charge is 0.317 e. The van der Waals surface area contributed by atoms with Crippen molar-refractivity contribution in [1.29, 1.82) is 0 Å². The van der Waals surface area contributed by atoms with Crippen LogP contribution in [0.4, 0.5) is 4.79 Å². The third-order valence-electron chi connectivity index (χ3n) is 4.62. The van der Waals surface area contributed by atoms with Crippen molar-refractivity contribution in [1.82, 2.24) is 15.1 Å². The summed E-state index contributed by atoms with van der Waals surface area (Å²) in [6.45, 7) is 11.7. The molecule has 1 saturated heterocycles. The number of carbonyl (C=O) groups is 2. The second-order valence-electron chi connectivity index (χ2n) is 7.72. The molecule has 0 spiro atoms. The van der Waals surface area contributed by atoms with E-state index in [0.717, 1.165) is 12.0 Å². The first-order chi connectivity index (χ1) is 11.8. The molecule has 0 atom stereocenters. The van der Waals surface area contributed by atoms with E-state index in [1.165, 1.54) is 5.56 Å². The van der Waals surface area contributed by atoms with Gasteiger partial charge in [-0.2, -0.15) is 0 Å². The fraction of sp³-hybridized carbons (Fsp3) is 0.600. The Labute approximate surface area is 151 Å². The third kappa shape index (κ3) is 5.48. The van der Waals surface area contributed by atoms with Crippen LogP contribution in [0.3, 0.4) is 0 Å². The lowest BCUT2D eigenvalue weighted by Gasteiger charge is -2.34. The van der Waals surface area contributed by atoms with Gasteiger partial charge < -0.3 is 15.1 Å². The van der Waals surface area contributed by atoms with Gasteiger partial charge in [0.15, 0.2) is 0 Å². The molecule has 2 rings (SSSR count). The monoisotopic (exact) mass is 345 g/mol. The molecule has 1 fully saturated rings. The third-order valence-corrected chi connectivity index (χ3v) is 4.62. The largest absolute Gasteiger partial charge is 0.339 e. The zero-order valence-corrected chi connectivity index (χ0v) is 16.0. The zero-order chi connectivity index (χ0) is 18.4. The van der Waals surface area contributed by atoms with Crippen LogP contribution in [0, 0.1) is 0 Å². The fourth-order valence-electron chi connectivity index (χ4n) is 2.91. The number of urea groups is 1. The summed E-state index contributed by atoms with van der Waals surface area (Å²) in [5, 5.41) is 2.89. The molecule has 138 valence electrons. The molecule has 0 radical (unpaired) electrons. The molecule has 1 heterocycles. The highest BCUT2D eigenvalue weighted by Crippen LogP contribution is 2.22. The van der Waals surface area contributed by atoms with Crippen LogP contribution in [-0.2, 0) is 16.6 Å². The molecule has 0 bridgehead atoms. The summed E-state index contributed by atoms with van der Waals surface area (Å²) in [6.07, 6.45) is 1.35. The van der Waals surface area contributed by atoms with Gasteiger partial charge in [-0.25, -0.2) is 4.79 Å². The summed E-state index contributed by atoms with van der Waals surface area (Å²) in [4.78, 5) is 28.1. The topological polar surface area (TPSA) is 52.7 Å². The summed E-state index contributed by atoms with van der Waals surface area (Å²) in [7, 11) is 0. The zero-order valence-electron chi connectivity index (χ0n) is 16.0. The van der Waals surface area contributed by atoms with Gasteiger partial charge in [0.25, 0.3) is 0 Å². The summed E-state index contributed by atoms with van der Waals surface area (Å²) in [6, 6.07) is 8.30. The Bertz CT molecular complexity index is 582. The quantitative estimate of drug-likeness (QED) is 0.912. The van der Waals surface area contributed by atoms with Gasteiger partial charge in [-0.1, -0.05) is 52.0 Å². The van der Waals surface area contributed by atoms with Crippen molar-refractivity contribution in [2.45, 2.75) is 46.0 Å². The van der Waals surface area contributed by atoms with Gasteiger partial charge in [0, 0.05) is 32.7 Å². The van der Waals surface area contributed by atoms with E-state index in [0.29, 0.717) is 39.1 Å². The van der Waals surface area contributed by atoms with Crippen molar-refractivity contribution in [3.63, 3.8) is 0 Å². The van der Waals surface area contributed by atoms with Crippen LogP contribution in [0.2, 0.25) is 0 Å². The summed E-state index contributed by atoms with van der Waals surface area (Å²) in [5.41, 5.74) is 2.44. The number of rotatable bonds is 4. The van der Waals surface area contributed by atoms with E-state index in [2.05, 4.69) is 38.2 Å². The van der Waals surface area contributed by atoms with Crippen molar-refractivity contribution in [3.8, 4) is 0 Å². The standard InChI is InChI=1S/C20H31N3O2/c1-5-10-21-19(25)23-13-11-22(12-14-23)18(24)15-16-6-8-17(9-7-16)20(2,3)4/h6-9H,5,10-15H2,1-4H3,(H,21,25). The SMILES string of the molecule is CCCNC(=O)N1CCN(C(=O)Cc2ccc(C(C)(C)C)cc2)CC1. The number of piperazine rings is 1. The number of nitrogens with zero attached hydrogens (tertiary/aromatic N) is 2. The highest BCUT2D eigenvalue weighted by atomic mass is 16.2. The van der Waals surface area contributed by atoms with E-state index < -0.39 is 0 Å². The molecule has 1 aromatic carbocycles. The Kier molecular flexibility index (Phi) is 6.45. The van der Waals surface area contributed by atoms with E-state index in [1.54, 1.807) is 4.90 Å². The maximum atomic E-state index is 12.5. The molecule has 3 amide bonds. The first-order valence-corrected chi connectivity index (χ1v) is 9.21. The van der Waals surface area contributed by atoms with Crippen LogP contribution in [0.5, 0.6) is 0 Å². The Morgan fingerprint density at radius 1 is 1.00 bits per heavy atom. The average Bonchev–Trinajstić information content (AvgIpc) is 2.59. The van der Waals surface area contributed by atoms with E-state index in [9.17, 15) is 9.59 Å². The van der Waals surface area contributed by atoms with Crippen molar-refractivity contribution in [3.05, 3.63) is 35.4 Å². The predicted molar refractivity (Wildman–Crippen MR) is 101 cm³/mol. The van der Waals surface area contributed by atoms with Crippen molar-refractivity contribution in [2.24, 2.45) is 0 Å². The maximum absolute atomic E-state index is 12.5. The van der Waals surface area contributed by atoms with Gasteiger partial charge in [-0.05, 0) is 23.0 Å². The van der Waals surface area contributed by atoms with Crippen LogP contribution < -0.4 is 5.32 Å². The number of benzene rings is 1. The molecule has 0 aliphatic carbocycles. The van der Waals surface area contributed by atoms with Gasteiger partial charge in [0.1, 0.15) is 0 Å². The minimum absolute atomic E-state index is 0.0216. The van der Waals surface area contributed by atoms with Gasteiger partial charge in [-0.3, -0.25) is 4.79 Å². The van der Waals surface area contributed by atoms with Crippen molar-refractivity contribution < 1.29 is 9.59 Å². The second kappa shape index (κ2) is 8.37. The normalized spacial score (nSPS) is 15.2. The van der Waals surface area contributed by atoms with Crippen LogP contribution in [0.1, 0.15) is 45.2 Å². The number of carbonyl (C=O) groups excluding carboxylic acids is 2. The van der Waals surface area contributed by atoms with Crippen LogP contribution in [0.25, 0.3) is 0 Å². The van der Waals surface area contributed by atoms with Gasteiger partial charge in [-0.15, -0.1) is 0 Å². The minimum atomic E-state index is -0.0216. The number of hydrogen-bond acceptors (Lipinski definition) is 2. The molecule has 5 nitrogen and oxygen atoms in total. The molecule has 1 aromatic rings. The van der Waals surface area contributed by atoms with E-state index in [-0.39, 0.29) is 17.4 Å². The number of hydrogen-bond donors (Lipinski definition) is 1. The minimum Gasteiger partial charge on any atom is -0.339 e. The average molecular weight is 345 g/mol. The summed E-state index contributed by atoms with van der Waals surface area (Å²) >= 11 is 0. The molecular formula is C20H31N3O2. The molecule has 0 saturated carbocycles. The number of nitrogens with one attached hydrogen (secondary N) is 1. The lowest BCUT2D eigenvalue weighted by atomic mass is 9.86. The molecule has 25 heavy (non-hydrogen) atoms. The maximum Gasteiger partial charge on any atom is 0.317 e. The Hall–Kier alpha value is -2.04. The molecule has 0 aromatic heterocycles. The van der Waals surface area contributed by atoms with Gasteiger partial charge >= 0.3 is 6.03 Å². The fourth-order valence-corrected chi connectivity index (χ4v) is 2.91. The van der Waals surface area contributed by atoms with Crippen molar-refractivity contribution >= 4 is 11.9 Å². The first-order valence-electron chi connectivity index (χ1n) is 9.21. The molecule has 1 N–H and O–H groups in total. The molecular weight excluding hydrogens is 314 g/mol. The second-order valence-corrected chi connectivity index (χ2v) is 7.72. The van der Waals surface area contributed by atoms with Crippen LogP contribution in [0.15, 0.2) is 24.3 Å². The van der Waals surface area contributed by atoms with Crippen LogP contribution in [-0.4, -0.2) is 54.5 Å². The molecule has 5 heteroatoms. The Morgan fingerprint density at radius 2 is 1.56 bits per heavy atom. The molecule has 1 aliphatic heterocycles. The predicted octanol–water partition coefficient (Wildman–Crippen LogP) is 2.79. The summed E-state index contributed by atoms with van der Waals surface area (Å²) in [5.74, 6) is 0.136. The summed E-state index contributed by atoms with van der Waals surface area (Å²) < 4.78 is 0. The van der Waals surface area contributed by atoms with E-state index in [4.69, 9.17) is 0 Å². The van der Waals surface area contributed by atoms with E-state index >= 15 is 0 Å². The highest BCUT2D eigenvalue weighted by molar-refractivity contribution is 5.79. The van der Waals surface area contributed by atoms with Gasteiger partial charge in [0.2, 0.25) is 5.91 Å². The van der Waals surface area contributed by atoms with E-state index in [1.807, 2.05) is 24.0 Å². The lowest BCUT2D eigenvalue weighted by Crippen LogP contribution is -2.53. The Balaban J connectivity index is 1.83. The first kappa shape index (κ1) is 19.3.